The van der Waals surface area contributed by atoms with Crippen molar-refractivity contribution >= 4 is 18.5 Å². The largest absolute Gasteiger partial charge is 0.350 e. The zero-order valence-corrected chi connectivity index (χ0v) is 23.9. The van der Waals surface area contributed by atoms with Gasteiger partial charge in [0.15, 0.2) is 0 Å². The van der Waals surface area contributed by atoms with Crippen LogP contribution in [0.25, 0.3) is 10.9 Å². The highest BCUT2D eigenvalue weighted by Crippen LogP contribution is 2.58. The van der Waals surface area contributed by atoms with Gasteiger partial charge in [0.2, 0.25) is 0 Å². The van der Waals surface area contributed by atoms with E-state index in [0.717, 1.165) is 10.1 Å². The van der Waals surface area contributed by atoms with Crippen molar-refractivity contribution < 1.29 is 22.8 Å². The Balaban J connectivity index is 1.53. The molecule has 5 rings (SSSR count). The van der Waals surface area contributed by atoms with E-state index < -0.39 is 36.5 Å². The van der Waals surface area contributed by atoms with Crippen LogP contribution < -0.4 is 11.2 Å². The average molecular weight is 582 g/mol. The molecule has 0 bridgehead atoms. The summed E-state index contributed by atoms with van der Waals surface area (Å²) in [5, 5.41) is 1.98. The minimum Gasteiger partial charge on any atom is -0.308 e. The zero-order chi connectivity index (χ0) is 29.0. The lowest BCUT2D eigenvalue weighted by Crippen LogP contribution is -2.42. The number of fused-ring (bicyclic) bond motifs is 1. The molecule has 1 aliphatic rings. The van der Waals surface area contributed by atoms with E-state index in [1.165, 1.54) is 22.8 Å². The smallest absolute Gasteiger partial charge is 0.308 e. The van der Waals surface area contributed by atoms with Crippen molar-refractivity contribution in [3.63, 3.8) is 0 Å². The number of nitrogens with zero attached hydrogens (tertiary/aromatic N) is 3. The maximum absolute atomic E-state index is 13.9. The SMILES string of the molecule is CCOP(=O)(OCC)C1CC(Cn2c(=O)n(Cc3cccc(F)c3)c(=O)c3ccccc32)ON1Cc1ccccc1. The van der Waals surface area contributed by atoms with Gasteiger partial charge in [0, 0.05) is 6.42 Å². The molecule has 1 fully saturated rings. The molecule has 0 amide bonds. The first-order chi connectivity index (χ1) is 19.8. The fraction of sp³-hybridized carbons (Fsp3) is 0.333. The van der Waals surface area contributed by atoms with Crippen LogP contribution >= 0.6 is 7.60 Å². The maximum atomic E-state index is 13.9. The Morgan fingerprint density at radius 2 is 1.56 bits per heavy atom. The molecule has 2 unspecified atom stereocenters. The first-order valence-corrected chi connectivity index (χ1v) is 15.3. The topological polar surface area (TPSA) is 92.0 Å². The first-order valence-electron chi connectivity index (χ1n) is 13.7. The lowest BCUT2D eigenvalue weighted by atomic mass is 10.2. The lowest BCUT2D eigenvalue weighted by Gasteiger charge is -2.28. The van der Waals surface area contributed by atoms with Gasteiger partial charge < -0.3 is 9.05 Å². The van der Waals surface area contributed by atoms with E-state index >= 15 is 0 Å². The molecule has 1 saturated heterocycles. The maximum Gasteiger partial charge on any atom is 0.350 e. The molecule has 0 radical (unpaired) electrons. The molecule has 0 saturated carbocycles. The normalized spacial score (nSPS) is 17.8. The second kappa shape index (κ2) is 12.6. The van der Waals surface area contributed by atoms with Crippen LogP contribution in [0.5, 0.6) is 0 Å². The van der Waals surface area contributed by atoms with Gasteiger partial charge >= 0.3 is 13.3 Å². The van der Waals surface area contributed by atoms with Gasteiger partial charge in [-0.25, -0.2) is 9.18 Å². The standard InChI is InChI=1S/C30H33FN3O6P/c1-3-38-41(37,39-4-2)28-18-25(40-34(28)20-22-11-6-5-7-12-22)21-32-27-16-9-8-15-26(27)29(35)33(30(32)36)19-23-13-10-14-24(31)17-23/h5-17,25,28H,3-4,18-21H2,1-2H3. The Labute approximate surface area is 237 Å². The summed E-state index contributed by atoms with van der Waals surface area (Å²) in [5.41, 5.74) is 0.893. The van der Waals surface area contributed by atoms with Crippen molar-refractivity contribution in [1.29, 1.82) is 0 Å². The van der Waals surface area contributed by atoms with Crippen LogP contribution in [0.15, 0.2) is 88.5 Å². The van der Waals surface area contributed by atoms with Crippen molar-refractivity contribution in [2.45, 2.75) is 51.8 Å². The van der Waals surface area contributed by atoms with E-state index in [9.17, 15) is 18.5 Å². The van der Waals surface area contributed by atoms with Crippen molar-refractivity contribution in [2.75, 3.05) is 13.2 Å². The highest BCUT2D eigenvalue weighted by molar-refractivity contribution is 7.54. The third kappa shape index (κ3) is 6.27. The third-order valence-corrected chi connectivity index (χ3v) is 9.44. The molecule has 216 valence electrons. The molecule has 0 aliphatic carbocycles. The summed E-state index contributed by atoms with van der Waals surface area (Å²) in [6.07, 6.45) is -0.298. The van der Waals surface area contributed by atoms with Crippen molar-refractivity contribution in [2.24, 2.45) is 0 Å². The number of hydrogen-bond acceptors (Lipinski definition) is 7. The Morgan fingerprint density at radius 1 is 0.878 bits per heavy atom. The van der Waals surface area contributed by atoms with E-state index in [2.05, 4.69) is 0 Å². The molecule has 3 aromatic carbocycles. The van der Waals surface area contributed by atoms with Gasteiger partial charge in [-0.2, -0.15) is 5.06 Å². The Morgan fingerprint density at radius 3 is 2.27 bits per heavy atom. The summed E-state index contributed by atoms with van der Waals surface area (Å²) in [5.74, 6) is -1.15. The van der Waals surface area contributed by atoms with E-state index in [1.54, 1.807) is 49.2 Å². The van der Waals surface area contributed by atoms with E-state index in [-0.39, 0.29) is 32.7 Å². The molecule has 2 atom stereocenters. The molecule has 1 aromatic heterocycles. The summed E-state index contributed by atoms with van der Waals surface area (Å²) >= 11 is 0. The van der Waals surface area contributed by atoms with Crippen LogP contribution in [0, 0.1) is 5.82 Å². The molecule has 41 heavy (non-hydrogen) atoms. The van der Waals surface area contributed by atoms with Crippen LogP contribution in [-0.2, 0) is 38.1 Å². The van der Waals surface area contributed by atoms with Crippen molar-refractivity contribution in [1.82, 2.24) is 14.2 Å². The van der Waals surface area contributed by atoms with Crippen molar-refractivity contribution in [3.8, 4) is 0 Å². The lowest BCUT2D eigenvalue weighted by molar-refractivity contribution is -0.164. The highest BCUT2D eigenvalue weighted by Gasteiger charge is 2.47. The average Bonchev–Trinajstić information content (AvgIpc) is 3.37. The van der Waals surface area contributed by atoms with Gasteiger partial charge in [-0.15, -0.1) is 0 Å². The second-order valence-corrected chi connectivity index (χ2v) is 12.0. The number of halogens is 1. The number of hydrogen-bond donors (Lipinski definition) is 0. The van der Waals surface area contributed by atoms with Crippen LogP contribution in [0.1, 0.15) is 31.4 Å². The Kier molecular flexibility index (Phi) is 8.97. The summed E-state index contributed by atoms with van der Waals surface area (Å²) in [6, 6.07) is 22.3. The van der Waals surface area contributed by atoms with Crippen molar-refractivity contribution in [3.05, 3.63) is 117 Å². The molecular formula is C30H33FN3O6P. The predicted molar refractivity (Wildman–Crippen MR) is 154 cm³/mol. The summed E-state index contributed by atoms with van der Waals surface area (Å²) in [6.45, 7) is 4.25. The zero-order valence-electron chi connectivity index (χ0n) is 23.0. The van der Waals surface area contributed by atoms with Gasteiger partial charge in [-0.1, -0.05) is 54.6 Å². The van der Waals surface area contributed by atoms with Crippen LogP contribution in [0.2, 0.25) is 0 Å². The number of para-hydroxylation sites is 1. The Hall–Kier alpha value is -3.40. The monoisotopic (exact) mass is 581 g/mol. The number of hydroxylamine groups is 2. The highest BCUT2D eigenvalue weighted by atomic mass is 31.2. The molecule has 0 spiro atoms. The summed E-state index contributed by atoms with van der Waals surface area (Å²) in [7, 11) is -3.61. The van der Waals surface area contributed by atoms with E-state index in [4.69, 9.17) is 13.9 Å². The quantitative estimate of drug-likeness (QED) is 0.226. The number of aromatic nitrogens is 2. The summed E-state index contributed by atoms with van der Waals surface area (Å²) < 4.78 is 41.8. The van der Waals surface area contributed by atoms with Gasteiger partial charge in [0.25, 0.3) is 5.56 Å². The number of benzene rings is 3. The minimum absolute atomic E-state index is 0.0849. The van der Waals surface area contributed by atoms with Crippen LogP contribution in [0.4, 0.5) is 4.39 Å². The fourth-order valence-corrected chi connectivity index (χ4v) is 7.32. The van der Waals surface area contributed by atoms with Gasteiger partial charge in [0.05, 0.1) is 49.9 Å². The second-order valence-electron chi connectivity index (χ2n) is 9.81. The molecule has 2 heterocycles. The summed E-state index contributed by atoms with van der Waals surface area (Å²) in [4.78, 5) is 33.5. The van der Waals surface area contributed by atoms with Crippen LogP contribution in [-0.4, -0.2) is 39.3 Å². The fourth-order valence-electron chi connectivity index (χ4n) is 5.24. The first kappa shape index (κ1) is 29.1. The molecular weight excluding hydrogens is 548 g/mol. The molecule has 0 N–H and O–H groups in total. The number of rotatable bonds is 11. The molecule has 9 nitrogen and oxygen atoms in total. The van der Waals surface area contributed by atoms with E-state index in [0.29, 0.717) is 23.0 Å². The van der Waals surface area contributed by atoms with Gasteiger partial charge in [-0.05, 0) is 49.2 Å². The molecule has 4 aromatic rings. The minimum atomic E-state index is -3.61. The van der Waals surface area contributed by atoms with E-state index in [1.807, 2.05) is 30.3 Å². The predicted octanol–water partition coefficient (Wildman–Crippen LogP) is 5.15. The van der Waals surface area contributed by atoms with Crippen LogP contribution in [0.3, 0.4) is 0 Å². The molecule has 1 aliphatic heterocycles. The van der Waals surface area contributed by atoms with Gasteiger partial charge in [-0.3, -0.25) is 23.3 Å². The van der Waals surface area contributed by atoms with Gasteiger partial charge in [0.1, 0.15) is 11.6 Å². The Bertz CT molecular complexity index is 1660. The molecule has 11 heteroatoms. The third-order valence-electron chi connectivity index (χ3n) is 7.00.